The molecule has 0 saturated heterocycles. The van der Waals surface area contributed by atoms with Crippen molar-refractivity contribution in [3.05, 3.63) is 36.5 Å². The van der Waals surface area contributed by atoms with E-state index in [1.54, 1.807) is 0 Å². The third-order valence-electron chi connectivity index (χ3n) is 10.5. The van der Waals surface area contributed by atoms with Gasteiger partial charge in [0.05, 0.1) is 39.9 Å². The average Bonchev–Trinajstić information content (AvgIpc) is 3.16. The molecular weight excluding hydrogens is 735 g/mol. The highest BCUT2D eigenvalue weighted by Gasteiger charge is 2.31. The van der Waals surface area contributed by atoms with Crippen LogP contribution >= 0.6 is 7.82 Å². The van der Waals surface area contributed by atoms with Gasteiger partial charge in [-0.25, -0.2) is 4.57 Å². The van der Waals surface area contributed by atoms with Gasteiger partial charge in [0.1, 0.15) is 19.3 Å². The maximum absolute atomic E-state index is 12.9. The number of hydrogen-bond acceptors (Lipinski definition) is 6. The zero-order chi connectivity index (χ0) is 42.3. The van der Waals surface area contributed by atoms with Crippen LogP contribution in [-0.2, 0) is 18.4 Å². The van der Waals surface area contributed by atoms with E-state index in [2.05, 4.69) is 55.6 Å². The second kappa shape index (κ2) is 38.9. The molecule has 0 rings (SSSR count). The van der Waals surface area contributed by atoms with Crippen molar-refractivity contribution in [2.45, 2.75) is 218 Å². The molecule has 0 fully saturated rings. The number of nitrogens with zero attached hydrogens (tertiary/aromatic N) is 1. The molecule has 0 aromatic carbocycles. The topological polar surface area (TPSA) is 125 Å². The van der Waals surface area contributed by atoms with Crippen molar-refractivity contribution < 1.29 is 38.0 Å². The van der Waals surface area contributed by atoms with Crippen molar-refractivity contribution in [3.8, 4) is 0 Å². The average molecular weight is 828 g/mol. The predicted octanol–water partition coefficient (Wildman–Crippen LogP) is 12.1. The first-order chi connectivity index (χ1) is 27.4. The van der Waals surface area contributed by atoms with Gasteiger partial charge in [0.2, 0.25) is 5.91 Å². The smallest absolute Gasteiger partial charge is 0.390 e. The van der Waals surface area contributed by atoms with Crippen LogP contribution in [0.3, 0.4) is 0 Å². The SMILES string of the molecule is CCCCCCC/C=C\C/C=C\C/C=C\CCCCCCCCC(=O)NC(COP(=O)(O)OCC[N+](C)(C)C)C(O)C(O)CCCCCCCCCCCCCC. The molecule has 4 N–H and O–H groups in total. The third-order valence-corrected chi connectivity index (χ3v) is 11.5. The molecule has 0 saturated carbocycles. The Labute approximate surface area is 351 Å². The molecule has 4 atom stereocenters. The summed E-state index contributed by atoms with van der Waals surface area (Å²) in [6.07, 6.45) is 43.4. The van der Waals surface area contributed by atoms with E-state index in [4.69, 9.17) is 9.05 Å². The van der Waals surface area contributed by atoms with Crippen LogP contribution in [-0.4, -0.2) is 84.6 Å². The van der Waals surface area contributed by atoms with Gasteiger partial charge < -0.3 is 24.9 Å². The lowest BCUT2D eigenvalue weighted by Gasteiger charge is -2.28. The van der Waals surface area contributed by atoms with E-state index >= 15 is 0 Å². The van der Waals surface area contributed by atoms with Gasteiger partial charge in [0.25, 0.3) is 0 Å². The van der Waals surface area contributed by atoms with Crippen LogP contribution in [0.4, 0.5) is 0 Å². The second-order valence-electron chi connectivity index (χ2n) is 17.3. The summed E-state index contributed by atoms with van der Waals surface area (Å²) in [6, 6.07) is -1.04. The van der Waals surface area contributed by atoms with Crippen molar-refractivity contribution in [2.75, 3.05) is 40.9 Å². The number of phosphoric ester groups is 1. The Kier molecular flexibility index (Phi) is 38.0. The van der Waals surface area contributed by atoms with Crippen LogP contribution in [0.25, 0.3) is 0 Å². The van der Waals surface area contributed by atoms with Crippen LogP contribution in [0.5, 0.6) is 0 Å². The van der Waals surface area contributed by atoms with Crippen LogP contribution in [0.2, 0.25) is 0 Å². The molecular formula is C47H92N2O7P+. The second-order valence-corrected chi connectivity index (χ2v) is 18.7. The predicted molar refractivity (Wildman–Crippen MR) is 241 cm³/mol. The van der Waals surface area contributed by atoms with Gasteiger partial charge in [-0.1, -0.05) is 179 Å². The molecule has 0 aliphatic carbocycles. The molecule has 9 nitrogen and oxygen atoms in total. The van der Waals surface area contributed by atoms with Gasteiger partial charge in [-0.05, 0) is 51.4 Å². The summed E-state index contributed by atoms with van der Waals surface area (Å²) < 4.78 is 23.5. The van der Waals surface area contributed by atoms with Crippen molar-refractivity contribution in [1.29, 1.82) is 0 Å². The lowest BCUT2D eigenvalue weighted by Crippen LogP contribution is -2.51. The van der Waals surface area contributed by atoms with E-state index in [0.29, 0.717) is 23.9 Å². The number of nitrogens with one attached hydrogen (secondary N) is 1. The Bertz CT molecular complexity index is 1050. The first kappa shape index (κ1) is 55.7. The Morgan fingerprint density at radius 3 is 1.51 bits per heavy atom. The maximum atomic E-state index is 12.9. The lowest BCUT2D eigenvalue weighted by molar-refractivity contribution is -0.870. The summed E-state index contributed by atoms with van der Waals surface area (Å²) in [5, 5.41) is 24.7. The zero-order valence-corrected chi connectivity index (χ0v) is 38.6. The molecule has 0 aromatic heterocycles. The highest BCUT2D eigenvalue weighted by molar-refractivity contribution is 7.47. The summed E-state index contributed by atoms with van der Waals surface area (Å²) in [5.74, 6) is -0.271. The van der Waals surface area contributed by atoms with Gasteiger partial charge in [-0.2, -0.15) is 0 Å². The van der Waals surface area contributed by atoms with Gasteiger partial charge in [-0.15, -0.1) is 0 Å². The minimum Gasteiger partial charge on any atom is -0.390 e. The molecule has 0 heterocycles. The largest absolute Gasteiger partial charge is 0.472 e. The van der Waals surface area contributed by atoms with Gasteiger partial charge in [-0.3, -0.25) is 13.8 Å². The molecule has 0 radical (unpaired) electrons. The monoisotopic (exact) mass is 828 g/mol. The Balaban J connectivity index is 4.46. The van der Waals surface area contributed by atoms with E-state index in [-0.39, 0.29) is 18.9 Å². The van der Waals surface area contributed by atoms with E-state index < -0.39 is 32.7 Å². The number of aliphatic hydroxyl groups is 2. The molecule has 0 aliphatic heterocycles. The molecule has 4 unspecified atom stereocenters. The fourth-order valence-electron chi connectivity index (χ4n) is 6.68. The number of quaternary nitrogens is 1. The molecule has 1 amide bonds. The molecule has 57 heavy (non-hydrogen) atoms. The van der Waals surface area contributed by atoms with E-state index in [1.807, 2.05) is 21.1 Å². The normalized spacial score (nSPS) is 15.2. The van der Waals surface area contributed by atoms with E-state index in [0.717, 1.165) is 70.6 Å². The number of carbonyl (C=O) groups excluding carboxylic acids is 1. The summed E-state index contributed by atoms with van der Waals surface area (Å²) >= 11 is 0. The first-order valence-electron chi connectivity index (χ1n) is 23.4. The van der Waals surface area contributed by atoms with Crippen LogP contribution in [0.15, 0.2) is 36.5 Å². The number of hydrogen-bond donors (Lipinski definition) is 4. The molecule has 0 aliphatic rings. The van der Waals surface area contributed by atoms with Crippen LogP contribution in [0.1, 0.15) is 200 Å². The number of aliphatic hydroxyl groups excluding tert-OH is 2. The first-order valence-corrected chi connectivity index (χ1v) is 24.9. The van der Waals surface area contributed by atoms with E-state index in [9.17, 15) is 24.5 Å². The van der Waals surface area contributed by atoms with Crippen molar-refractivity contribution in [3.63, 3.8) is 0 Å². The van der Waals surface area contributed by atoms with Gasteiger partial charge in [0.15, 0.2) is 0 Å². The fraction of sp³-hybridized carbons (Fsp3) is 0.851. The number of allylic oxidation sites excluding steroid dienone is 6. The Morgan fingerprint density at radius 2 is 1.04 bits per heavy atom. The summed E-state index contributed by atoms with van der Waals surface area (Å²) in [7, 11) is 1.42. The van der Waals surface area contributed by atoms with Crippen LogP contribution < -0.4 is 5.32 Å². The highest BCUT2D eigenvalue weighted by Crippen LogP contribution is 2.43. The van der Waals surface area contributed by atoms with Gasteiger partial charge in [0, 0.05) is 6.42 Å². The maximum Gasteiger partial charge on any atom is 0.472 e. The van der Waals surface area contributed by atoms with Crippen molar-refractivity contribution in [2.24, 2.45) is 0 Å². The number of carbonyl (C=O) groups is 1. The highest BCUT2D eigenvalue weighted by atomic mass is 31.2. The number of amides is 1. The molecule has 0 aromatic rings. The standard InChI is InChI=1S/C47H91N2O7P/c1-6-8-10-12-14-16-18-20-21-22-23-24-25-26-27-28-30-32-34-36-38-40-46(51)48-44(43-56-57(53,54)55-42-41-49(3,4)5)47(52)45(50)39-37-35-33-31-29-19-17-15-13-11-9-7-2/h18,20,22-23,25-26,44-45,47,50,52H,6-17,19,21,24,27-43H2,1-5H3,(H-,48,51,53,54)/p+1/b20-18-,23-22-,26-25-. The third kappa shape index (κ3) is 39.9. The number of likely N-dealkylation sites (N-methyl/N-ethyl adjacent to an activating group) is 1. The summed E-state index contributed by atoms with van der Waals surface area (Å²) in [6.45, 7) is 4.58. The van der Waals surface area contributed by atoms with Gasteiger partial charge >= 0.3 is 7.82 Å². The van der Waals surface area contributed by atoms with Crippen molar-refractivity contribution in [1.82, 2.24) is 5.32 Å². The van der Waals surface area contributed by atoms with Crippen molar-refractivity contribution >= 4 is 13.7 Å². The minimum absolute atomic E-state index is 0.0182. The summed E-state index contributed by atoms with van der Waals surface area (Å²) in [5.41, 5.74) is 0. The summed E-state index contributed by atoms with van der Waals surface area (Å²) in [4.78, 5) is 23.2. The number of rotatable bonds is 42. The number of phosphoric acid groups is 1. The molecule has 0 bridgehead atoms. The fourth-order valence-corrected chi connectivity index (χ4v) is 7.41. The zero-order valence-electron chi connectivity index (χ0n) is 37.7. The Hall–Kier alpha value is -1.32. The minimum atomic E-state index is -4.42. The quantitative estimate of drug-likeness (QED) is 0.0209. The number of unbranched alkanes of at least 4 members (excludes halogenated alkanes) is 22. The molecule has 10 heteroatoms. The molecule has 336 valence electrons. The van der Waals surface area contributed by atoms with Crippen LogP contribution in [0, 0.1) is 0 Å². The Morgan fingerprint density at radius 1 is 0.614 bits per heavy atom. The van der Waals surface area contributed by atoms with E-state index in [1.165, 1.54) is 96.3 Å². The lowest BCUT2D eigenvalue weighted by atomic mass is 9.99. The molecule has 0 spiro atoms.